The van der Waals surface area contributed by atoms with Crippen molar-refractivity contribution in [1.82, 2.24) is 9.80 Å². The van der Waals surface area contributed by atoms with Crippen molar-refractivity contribution < 1.29 is 5.11 Å². The highest BCUT2D eigenvalue weighted by atomic mass is 16.3. The van der Waals surface area contributed by atoms with Crippen LogP contribution in [0.15, 0.2) is 12.2 Å². The fraction of sp³-hybridized carbons (Fsp3) is 0.800. The lowest BCUT2D eigenvalue weighted by Crippen LogP contribution is -2.26. The smallest absolute Gasteiger partial charge is 0.107 e. The molecule has 0 aromatic rings. The summed E-state index contributed by atoms with van der Waals surface area (Å²) in [5, 5.41) is 9.42. The molecule has 3 heteroatoms. The first-order valence-corrected chi connectivity index (χ1v) is 4.68. The molecule has 0 radical (unpaired) electrons. The number of allylic oxidation sites excluding steroid dienone is 1. The van der Waals surface area contributed by atoms with Gasteiger partial charge in [0.05, 0.1) is 0 Å². The molecule has 0 aromatic heterocycles. The molecule has 0 bridgehead atoms. The van der Waals surface area contributed by atoms with Crippen molar-refractivity contribution in [3.63, 3.8) is 0 Å². The maximum atomic E-state index is 9.42. The Kier molecular flexibility index (Phi) is 6.86. The zero-order chi connectivity index (χ0) is 10.3. The summed E-state index contributed by atoms with van der Waals surface area (Å²) in [5.41, 5.74) is 0. The first kappa shape index (κ1) is 12.6. The van der Waals surface area contributed by atoms with Crippen LogP contribution < -0.4 is 0 Å². The third-order valence-electron chi connectivity index (χ3n) is 1.82. The second kappa shape index (κ2) is 7.06. The van der Waals surface area contributed by atoms with Crippen LogP contribution in [-0.4, -0.2) is 55.9 Å². The maximum Gasteiger partial charge on any atom is 0.107 e. The highest BCUT2D eigenvalue weighted by Gasteiger charge is 2.03. The molecule has 0 fully saturated rings. The van der Waals surface area contributed by atoms with Gasteiger partial charge in [0.25, 0.3) is 0 Å². The minimum absolute atomic E-state index is 0.316. The Labute approximate surface area is 81.6 Å². The summed E-state index contributed by atoms with van der Waals surface area (Å²) in [6.45, 7) is 0.970. The van der Waals surface area contributed by atoms with E-state index in [9.17, 15) is 5.11 Å². The quantitative estimate of drug-likeness (QED) is 0.490. The lowest BCUT2D eigenvalue weighted by molar-refractivity contribution is 0.0343. The van der Waals surface area contributed by atoms with E-state index in [1.165, 1.54) is 0 Å². The molecule has 1 N–H and O–H groups in total. The Balaban J connectivity index is 3.39. The molecule has 0 saturated heterocycles. The Morgan fingerprint density at radius 3 is 2.23 bits per heavy atom. The summed E-state index contributed by atoms with van der Waals surface area (Å²) >= 11 is 0. The number of likely N-dealkylation sites (N-methyl/N-ethyl adjacent to an activating group) is 1. The van der Waals surface area contributed by atoms with E-state index < -0.39 is 0 Å². The molecule has 0 spiro atoms. The summed E-state index contributed by atoms with van der Waals surface area (Å²) in [6, 6.07) is 0. The van der Waals surface area contributed by atoms with Crippen LogP contribution in [0, 0.1) is 0 Å². The Bertz CT molecular complexity index is 144. The van der Waals surface area contributed by atoms with Crippen LogP contribution in [0.25, 0.3) is 0 Å². The summed E-state index contributed by atoms with van der Waals surface area (Å²) in [5.74, 6) is 0. The molecule has 0 aromatic carbocycles. The second-order valence-electron chi connectivity index (χ2n) is 3.76. The zero-order valence-corrected chi connectivity index (χ0v) is 9.20. The van der Waals surface area contributed by atoms with Crippen molar-refractivity contribution in [2.45, 2.75) is 19.1 Å². The SMILES string of the molecule is CN(C)CC=CCCC(O)N(C)C. The number of nitrogens with zero attached hydrogens (tertiary/aromatic N) is 2. The number of hydrogen-bond acceptors (Lipinski definition) is 3. The lowest BCUT2D eigenvalue weighted by Gasteiger charge is -2.17. The lowest BCUT2D eigenvalue weighted by atomic mass is 10.2. The predicted molar refractivity (Wildman–Crippen MR) is 56.6 cm³/mol. The van der Waals surface area contributed by atoms with E-state index >= 15 is 0 Å². The Morgan fingerprint density at radius 1 is 1.15 bits per heavy atom. The maximum absolute atomic E-state index is 9.42. The molecule has 1 unspecified atom stereocenters. The summed E-state index contributed by atoms with van der Waals surface area (Å²) in [7, 11) is 7.85. The molecule has 0 aliphatic carbocycles. The van der Waals surface area contributed by atoms with Gasteiger partial charge < -0.3 is 10.0 Å². The van der Waals surface area contributed by atoms with Gasteiger partial charge in [-0.1, -0.05) is 12.2 Å². The topological polar surface area (TPSA) is 26.7 Å². The highest BCUT2D eigenvalue weighted by Crippen LogP contribution is 2.00. The minimum atomic E-state index is -0.316. The van der Waals surface area contributed by atoms with Crippen molar-refractivity contribution in [3.05, 3.63) is 12.2 Å². The van der Waals surface area contributed by atoms with Crippen molar-refractivity contribution in [2.24, 2.45) is 0 Å². The fourth-order valence-corrected chi connectivity index (χ4v) is 0.907. The van der Waals surface area contributed by atoms with Crippen LogP contribution in [0.3, 0.4) is 0 Å². The summed E-state index contributed by atoms with van der Waals surface area (Å²) < 4.78 is 0. The van der Waals surface area contributed by atoms with Crippen LogP contribution in [0.2, 0.25) is 0 Å². The average Bonchev–Trinajstić information content (AvgIpc) is 2.02. The van der Waals surface area contributed by atoms with Crippen LogP contribution in [0.1, 0.15) is 12.8 Å². The Morgan fingerprint density at radius 2 is 1.77 bits per heavy atom. The molecular weight excluding hydrogens is 164 g/mol. The summed E-state index contributed by atoms with van der Waals surface area (Å²) in [6.07, 6.45) is 5.67. The highest BCUT2D eigenvalue weighted by molar-refractivity contribution is 4.83. The zero-order valence-electron chi connectivity index (χ0n) is 9.20. The van der Waals surface area contributed by atoms with Crippen molar-refractivity contribution in [1.29, 1.82) is 0 Å². The van der Waals surface area contributed by atoms with E-state index in [-0.39, 0.29) is 6.23 Å². The van der Waals surface area contributed by atoms with Gasteiger partial charge in [-0.2, -0.15) is 0 Å². The van der Waals surface area contributed by atoms with E-state index in [0.717, 1.165) is 19.4 Å². The van der Waals surface area contributed by atoms with Crippen molar-refractivity contribution in [2.75, 3.05) is 34.7 Å². The van der Waals surface area contributed by atoms with Gasteiger partial charge in [0.1, 0.15) is 6.23 Å². The second-order valence-corrected chi connectivity index (χ2v) is 3.76. The summed E-state index contributed by atoms with van der Waals surface area (Å²) in [4.78, 5) is 3.93. The van der Waals surface area contributed by atoms with Crippen molar-refractivity contribution >= 4 is 0 Å². The van der Waals surface area contributed by atoms with E-state index in [4.69, 9.17) is 0 Å². The Hall–Kier alpha value is -0.380. The molecule has 0 amide bonds. The van der Waals surface area contributed by atoms with Gasteiger partial charge in [0.15, 0.2) is 0 Å². The van der Waals surface area contributed by atoms with E-state index in [0.29, 0.717) is 0 Å². The van der Waals surface area contributed by atoms with Gasteiger partial charge in [0.2, 0.25) is 0 Å². The number of aliphatic hydroxyl groups is 1. The third kappa shape index (κ3) is 7.96. The van der Waals surface area contributed by atoms with Gasteiger partial charge in [-0.05, 0) is 41.0 Å². The van der Waals surface area contributed by atoms with Gasteiger partial charge in [-0.25, -0.2) is 0 Å². The van der Waals surface area contributed by atoms with Crippen LogP contribution in [0.5, 0.6) is 0 Å². The number of hydrogen-bond donors (Lipinski definition) is 1. The van der Waals surface area contributed by atoms with E-state index in [2.05, 4.69) is 17.1 Å². The minimum Gasteiger partial charge on any atom is -0.378 e. The first-order valence-electron chi connectivity index (χ1n) is 4.68. The molecular formula is C10H22N2O. The average molecular weight is 186 g/mol. The van der Waals surface area contributed by atoms with Crippen LogP contribution in [0.4, 0.5) is 0 Å². The molecule has 0 aliphatic heterocycles. The molecule has 0 aliphatic rings. The molecule has 1 atom stereocenters. The van der Waals surface area contributed by atoms with Crippen LogP contribution >= 0.6 is 0 Å². The molecule has 13 heavy (non-hydrogen) atoms. The first-order chi connectivity index (χ1) is 6.04. The predicted octanol–water partition coefficient (Wildman–Crippen LogP) is 0.764. The monoisotopic (exact) mass is 186 g/mol. The normalized spacial score (nSPS) is 14.7. The molecule has 0 saturated carbocycles. The van der Waals surface area contributed by atoms with Gasteiger partial charge in [-0.15, -0.1) is 0 Å². The number of aliphatic hydroxyl groups excluding tert-OH is 1. The fourth-order valence-electron chi connectivity index (χ4n) is 0.907. The molecule has 3 nitrogen and oxygen atoms in total. The van der Waals surface area contributed by atoms with Gasteiger partial charge in [-0.3, -0.25) is 4.90 Å². The van der Waals surface area contributed by atoms with Gasteiger partial charge in [0, 0.05) is 6.54 Å². The number of rotatable bonds is 6. The van der Waals surface area contributed by atoms with Crippen molar-refractivity contribution in [3.8, 4) is 0 Å². The van der Waals surface area contributed by atoms with Gasteiger partial charge >= 0.3 is 0 Å². The third-order valence-corrected chi connectivity index (χ3v) is 1.82. The van der Waals surface area contributed by atoms with Crippen LogP contribution in [-0.2, 0) is 0 Å². The molecule has 0 heterocycles. The van der Waals surface area contributed by atoms with E-state index in [1.807, 2.05) is 33.1 Å². The molecule has 78 valence electrons. The molecule has 0 rings (SSSR count). The largest absolute Gasteiger partial charge is 0.378 e. The standard InChI is InChI=1S/C10H22N2O/c1-11(2)9-7-5-6-8-10(13)12(3)4/h5,7,10,13H,6,8-9H2,1-4H3. The van der Waals surface area contributed by atoms with E-state index in [1.54, 1.807) is 0 Å².